The number of aliphatic carboxylic acids is 1. The van der Waals surface area contributed by atoms with Gasteiger partial charge in [-0.05, 0) is 57.8 Å². The maximum absolute atomic E-state index is 13.0. The van der Waals surface area contributed by atoms with Crippen LogP contribution in [-0.4, -0.2) is 87.4 Å². The Labute approximate surface area is 654 Å². The van der Waals surface area contributed by atoms with E-state index in [9.17, 15) is 19.5 Å². The Morgan fingerprint density at radius 1 is 0.295 bits per heavy atom. The molecule has 0 aliphatic heterocycles. The van der Waals surface area contributed by atoms with Crippen LogP contribution in [0, 0.1) is 0 Å². The van der Waals surface area contributed by atoms with Crippen molar-refractivity contribution >= 4 is 17.9 Å². The molecule has 616 valence electrons. The number of quaternary nitrogens is 1. The molecule has 105 heavy (non-hydrogen) atoms. The first kappa shape index (κ1) is 102. The molecule has 0 aliphatic carbocycles. The van der Waals surface area contributed by atoms with Crippen LogP contribution in [0.15, 0.2) is 60.8 Å². The quantitative estimate of drug-likeness (QED) is 0.0211. The lowest BCUT2D eigenvalue weighted by molar-refractivity contribution is -0.870. The molecule has 1 N–H and O–H groups in total. The highest BCUT2D eigenvalue weighted by Gasteiger charge is 2.25. The summed E-state index contributed by atoms with van der Waals surface area (Å²) in [6.45, 7) is 4.85. The first-order valence-corrected chi connectivity index (χ1v) is 46.5. The van der Waals surface area contributed by atoms with Gasteiger partial charge in [0.05, 0.1) is 34.4 Å². The lowest BCUT2D eigenvalue weighted by Gasteiger charge is -2.25. The summed E-state index contributed by atoms with van der Waals surface area (Å²) in [7, 11) is 6.01. The summed E-state index contributed by atoms with van der Waals surface area (Å²) in [5.41, 5.74) is 0. The number of carboxylic acid groups (broad SMARTS) is 1. The highest BCUT2D eigenvalue weighted by molar-refractivity contribution is 5.71. The van der Waals surface area contributed by atoms with E-state index in [0.29, 0.717) is 17.4 Å². The summed E-state index contributed by atoms with van der Waals surface area (Å²) in [5, 5.41) is 9.80. The number of carbonyl (C=O) groups is 3. The van der Waals surface area contributed by atoms with Crippen LogP contribution in [0.3, 0.4) is 0 Å². The number of carboxylic acids is 1. The summed E-state index contributed by atoms with van der Waals surface area (Å²) < 4.78 is 23.1. The van der Waals surface area contributed by atoms with Crippen molar-refractivity contribution in [2.24, 2.45) is 0 Å². The van der Waals surface area contributed by atoms with Crippen molar-refractivity contribution in [1.29, 1.82) is 0 Å². The molecular formula is C96H180NO8+. The van der Waals surface area contributed by atoms with Gasteiger partial charge in [0.15, 0.2) is 6.10 Å². The zero-order valence-corrected chi connectivity index (χ0v) is 70.9. The number of allylic oxidation sites excluding steroid dienone is 10. The number of unbranched alkanes of at least 4 members (excludes halogenated alkanes) is 63. The highest BCUT2D eigenvalue weighted by atomic mass is 16.7. The Kier molecular flexibility index (Phi) is 84.1. The Balaban J connectivity index is 3.87. The standard InChI is InChI=1S/C96H179NO8/c1-6-8-10-12-14-16-18-20-22-24-26-28-30-32-34-36-38-40-42-44-46-47-49-51-53-55-57-59-61-63-65-67-69-71-73-75-77-79-81-83-85-87-94(99)105-92(91-104-96(95(100)101)102-89-88-97(3,4)5)90-103-93(98)86-84-82-80-78-76-74-72-70-68-66-64-62-60-58-56-54-52-50-48-45-43-41-39-37-35-33-31-29-27-25-23-21-19-17-15-13-11-9-7-2/h8,10,14,16,20,22,26,28,32,34,92,96H,6-7,9,11-13,15,17-19,21,23-25,27,29-31,33,35-91H2,1-5H3/p+1/b10-8-,16-14-,22-20-,28-26-,34-32-. The average molecular weight is 1480 g/mol. The Morgan fingerprint density at radius 2 is 0.543 bits per heavy atom. The maximum atomic E-state index is 13.0. The van der Waals surface area contributed by atoms with Gasteiger partial charge < -0.3 is 28.5 Å². The van der Waals surface area contributed by atoms with Gasteiger partial charge in [0.25, 0.3) is 6.29 Å². The second-order valence-electron chi connectivity index (χ2n) is 33.0. The van der Waals surface area contributed by atoms with E-state index < -0.39 is 18.4 Å². The molecule has 0 spiro atoms. The molecule has 2 atom stereocenters. The molecule has 0 amide bonds. The minimum absolute atomic E-state index is 0.175. The number of hydrogen-bond acceptors (Lipinski definition) is 7. The number of likely N-dealkylation sites (N-methyl/N-ethyl adjacent to an activating group) is 1. The van der Waals surface area contributed by atoms with E-state index >= 15 is 0 Å². The van der Waals surface area contributed by atoms with Gasteiger partial charge in [-0.2, -0.15) is 0 Å². The number of ether oxygens (including phenoxy) is 4. The number of rotatable bonds is 88. The third-order valence-corrected chi connectivity index (χ3v) is 21.3. The lowest BCUT2D eigenvalue weighted by Crippen LogP contribution is -2.40. The maximum Gasteiger partial charge on any atom is 0.361 e. The van der Waals surface area contributed by atoms with Crippen molar-refractivity contribution in [3.05, 3.63) is 60.8 Å². The van der Waals surface area contributed by atoms with Gasteiger partial charge in [0.1, 0.15) is 13.2 Å². The molecule has 0 aliphatic rings. The number of hydrogen-bond donors (Lipinski definition) is 1. The van der Waals surface area contributed by atoms with E-state index in [4.69, 9.17) is 18.9 Å². The largest absolute Gasteiger partial charge is 0.477 e. The van der Waals surface area contributed by atoms with Crippen molar-refractivity contribution < 1.29 is 42.9 Å². The predicted molar refractivity (Wildman–Crippen MR) is 457 cm³/mol. The van der Waals surface area contributed by atoms with E-state index in [2.05, 4.69) is 74.6 Å². The fourth-order valence-corrected chi connectivity index (χ4v) is 14.3. The molecule has 0 heterocycles. The normalized spacial score (nSPS) is 12.8. The molecule has 0 aromatic heterocycles. The average Bonchev–Trinajstić information content (AvgIpc) is 1.18. The fraction of sp³-hybridized carbons (Fsp3) is 0.865. The first-order chi connectivity index (χ1) is 51.6. The van der Waals surface area contributed by atoms with Gasteiger partial charge in [-0.25, -0.2) is 4.79 Å². The predicted octanol–water partition coefficient (Wildman–Crippen LogP) is 30.5. The summed E-state index contributed by atoms with van der Waals surface area (Å²) in [6.07, 6.45) is 114. The third-order valence-electron chi connectivity index (χ3n) is 21.3. The van der Waals surface area contributed by atoms with Crippen LogP contribution in [0.25, 0.3) is 0 Å². The van der Waals surface area contributed by atoms with Crippen LogP contribution < -0.4 is 0 Å². The van der Waals surface area contributed by atoms with Crippen LogP contribution in [0.1, 0.15) is 476 Å². The SMILES string of the molecule is CC/C=C\C/C=C\C/C=C\C/C=C\C/C=C\CCCCCCCCCCCCCCCCCCCCCCCCCCCC(=O)OC(COC(=O)CCCCCCCCCCCCCCCCCCCCCCCCCCCCCCCCCCCCCCCCC)COC(OCC[N+](C)(C)C)C(=O)O. The lowest BCUT2D eigenvalue weighted by atomic mass is 10.0. The van der Waals surface area contributed by atoms with Crippen LogP contribution in [0.2, 0.25) is 0 Å². The van der Waals surface area contributed by atoms with Crippen molar-refractivity contribution in [2.75, 3.05) is 47.5 Å². The van der Waals surface area contributed by atoms with Crippen molar-refractivity contribution in [3.63, 3.8) is 0 Å². The van der Waals surface area contributed by atoms with E-state index in [1.807, 2.05) is 21.1 Å². The fourth-order valence-electron chi connectivity index (χ4n) is 14.3. The van der Waals surface area contributed by atoms with E-state index in [0.717, 1.165) is 70.6 Å². The molecule has 0 saturated carbocycles. The second kappa shape index (κ2) is 86.6. The Morgan fingerprint density at radius 3 is 0.810 bits per heavy atom. The van der Waals surface area contributed by atoms with Gasteiger partial charge in [-0.1, -0.05) is 466 Å². The Bertz CT molecular complexity index is 1920. The molecule has 0 radical (unpaired) electrons. The molecule has 9 heteroatoms. The minimum Gasteiger partial charge on any atom is -0.477 e. The molecule has 2 unspecified atom stereocenters. The zero-order valence-electron chi connectivity index (χ0n) is 70.9. The topological polar surface area (TPSA) is 108 Å². The summed E-state index contributed by atoms with van der Waals surface area (Å²) in [4.78, 5) is 37.8. The number of esters is 2. The second-order valence-corrected chi connectivity index (χ2v) is 33.0. The highest BCUT2D eigenvalue weighted by Crippen LogP contribution is 2.21. The molecule has 0 saturated heterocycles. The number of carbonyl (C=O) groups excluding carboxylic acids is 2. The third kappa shape index (κ3) is 88.1. The number of nitrogens with zero attached hydrogens (tertiary/aromatic N) is 1. The van der Waals surface area contributed by atoms with Crippen LogP contribution >= 0.6 is 0 Å². The van der Waals surface area contributed by atoms with E-state index in [1.54, 1.807) is 0 Å². The molecule has 0 aromatic carbocycles. The van der Waals surface area contributed by atoms with Crippen molar-refractivity contribution in [2.45, 2.75) is 489 Å². The zero-order chi connectivity index (χ0) is 76.0. The molecule has 0 bridgehead atoms. The van der Waals surface area contributed by atoms with Gasteiger partial charge in [0, 0.05) is 12.8 Å². The monoisotopic (exact) mass is 1480 g/mol. The smallest absolute Gasteiger partial charge is 0.361 e. The van der Waals surface area contributed by atoms with Crippen LogP contribution in [-0.2, 0) is 33.3 Å². The van der Waals surface area contributed by atoms with Gasteiger partial charge in [-0.3, -0.25) is 9.59 Å². The molecule has 9 nitrogen and oxygen atoms in total. The Hall–Kier alpha value is -3.01. The molecule has 0 fully saturated rings. The van der Waals surface area contributed by atoms with Crippen LogP contribution in [0.5, 0.6) is 0 Å². The summed E-state index contributed by atoms with van der Waals surface area (Å²) >= 11 is 0. The van der Waals surface area contributed by atoms with Crippen molar-refractivity contribution in [3.8, 4) is 0 Å². The van der Waals surface area contributed by atoms with Crippen LogP contribution in [0.4, 0.5) is 0 Å². The molecule has 0 rings (SSSR count). The summed E-state index contributed by atoms with van der Waals surface area (Å²) in [6, 6.07) is 0. The minimum atomic E-state index is -1.51. The molecule has 0 aromatic rings. The van der Waals surface area contributed by atoms with Crippen molar-refractivity contribution in [1.82, 2.24) is 0 Å². The van der Waals surface area contributed by atoms with E-state index in [-0.39, 0.29) is 38.2 Å². The van der Waals surface area contributed by atoms with Gasteiger partial charge in [0.2, 0.25) is 0 Å². The van der Waals surface area contributed by atoms with Gasteiger partial charge >= 0.3 is 17.9 Å². The first-order valence-electron chi connectivity index (χ1n) is 46.5. The molecular weight excluding hydrogens is 1300 g/mol. The van der Waals surface area contributed by atoms with E-state index in [1.165, 1.54) is 379 Å². The summed E-state index contributed by atoms with van der Waals surface area (Å²) in [5.74, 6) is -1.97. The van der Waals surface area contributed by atoms with Gasteiger partial charge in [-0.15, -0.1) is 0 Å².